The Labute approximate surface area is 119 Å². The minimum Gasteiger partial charge on any atom is -0.445 e. The summed E-state index contributed by atoms with van der Waals surface area (Å²) in [5.74, 6) is 0.124. The van der Waals surface area contributed by atoms with E-state index in [-0.39, 0.29) is 24.5 Å². The van der Waals surface area contributed by atoms with E-state index in [0.717, 1.165) is 5.56 Å². The highest BCUT2D eigenvalue weighted by Crippen LogP contribution is 2.16. The van der Waals surface area contributed by atoms with E-state index >= 15 is 0 Å². The molecule has 2 rings (SSSR count). The first-order chi connectivity index (χ1) is 9.66. The number of hydrogen-bond donors (Lipinski definition) is 0. The Morgan fingerprint density at radius 1 is 1.35 bits per heavy atom. The summed E-state index contributed by atoms with van der Waals surface area (Å²) in [6, 6.07) is 9.61. The van der Waals surface area contributed by atoms with Crippen LogP contribution in [0, 0.1) is 0 Å². The summed E-state index contributed by atoms with van der Waals surface area (Å²) in [7, 11) is 1.72. The van der Waals surface area contributed by atoms with Crippen molar-refractivity contribution in [1.82, 2.24) is 4.90 Å². The zero-order valence-corrected chi connectivity index (χ0v) is 11.6. The summed E-state index contributed by atoms with van der Waals surface area (Å²) in [5.41, 5.74) is 0.963. The van der Waals surface area contributed by atoms with Crippen LogP contribution in [0.25, 0.3) is 0 Å². The van der Waals surface area contributed by atoms with Crippen molar-refractivity contribution in [1.29, 1.82) is 0 Å². The third kappa shape index (κ3) is 3.95. The van der Waals surface area contributed by atoms with Crippen LogP contribution in [0.15, 0.2) is 42.5 Å². The maximum Gasteiger partial charge on any atom is 0.410 e. The zero-order chi connectivity index (χ0) is 14.4. The molecule has 4 heteroatoms. The number of carbonyl (C=O) groups excluding carboxylic acids is 2. The first kappa shape index (κ1) is 14.3. The van der Waals surface area contributed by atoms with Gasteiger partial charge in [-0.25, -0.2) is 4.79 Å². The lowest BCUT2D eigenvalue weighted by molar-refractivity contribution is -0.114. The van der Waals surface area contributed by atoms with Gasteiger partial charge in [0.2, 0.25) is 0 Å². The van der Waals surface area contributed by atoms with Gasteiger partial charge in [-0.1, -0.05) is 36.4 Å². The van der Waals surface area contributed by atoms with Crippen molar-refractivity contribution in [3.05, 3.63) is 48.0 Å². The molecule has 1 aliphatic rings. The highest BCUT2D eigenvalue weighted by atomic mass is 16.6. The SMILES string of the molecule is CN(C(=O)OCc1ccccc1)[C@H]1CC=CC(=O)CC1. The average Bonchev–Trinajstić information content (AvgIpc) is 2.70. The minimum absolute atomic E-state index is 0.0287. The predicted octanol–water partition coefficient (Wildman–Crippen LogP) is 2.93. The Bertz CT molecular complexity index is 496. The van der Waals surface area contributed by atoms with E-state index in [9.17, 15) is 9.59 Å². The number of hydrogen-bond acceptors (Lipinski definition) is 3. The van der Waals surface area contributed by atoms with Crippen LogP contribution in [0.3, 0.4) is 0 Å². The highest BCUT2D eigenvalue weighted by Gasteiger charge is 2.22. The molecule has 0 N–H and O–H groups in total. The van der Waals surface area contributed by atoms with Gasteiger partial charge in [0.1, 0.15) is 6.61 Å². The van der Waals surface area contributed by atoms with E-state index in [1.165, 1.54) is 0 Å². The minimum atomic E-state index is -0.346. The monoisotopic (exact) mass is 273 g/mol. The molecule has 0 aliphatic heterocycles. The molecule has 1 aromatic rings. The lowest BCUT2D eigenvalue weighted by atomic mass is 10.1. The standard InChI is InChI=1S/C16H19NO3/c1-17(14-8-5-9-15(18)11-10-14)16(19)20-12-13-6-3-2-4-7-13/h2-7,9,14H,8,10-12H2,1H3/t14-/m0/s1. The molecule has 20 heavy (non-hydrogen) atoms. The normalized spacial score (nSPS) is 18.4. The van der Waals surface area contributed by atoms with Crippen LogP contribution in [0.1, 0.15) is 24.8 Å². The van der Waals surface area contributed by atoms with Crippen LogP contribution < -0.4 is 0 Å². The fourth-order valence-corrected chi connectivity index (χ4v) is 2.19. The van der Waals surface area contributed by atoms with Gasteiger partial charge in [0, 0.05) is 19.5 Å². The van der Waals surface area contributed by atoms with Gasteiger partial charge in [-0.3, -0.25) is 4.79 Å². The largest absolute Gasteiger partial charge is 0.445 e. The van der Waals surface area contributed by atoms with Gasteiger partial charge in [-0.2, -0.15) is 0 Å². The van der Waals surface area contributed by atoms with Gasteiger partial charge in [0.25, 0.3) is 0 Å². The van der Waals surface area contributed by atoms with Crippen molar-refractivity contribution in [3.8, 4) is 0 Å². The molecule has 1 atom stereocenters. The fraction of sp³-hybridized carbons (Fsp3) is 0.375. The fourth-order valence-electron chi connectivity index (χ4n) is 2.19. The third-order valence-corrected chi connectivity index (χ3v) is 3.48. The summed E-state index contributed by atoms with van der Waals surface area (Å²) in [5, 5.41) is 0. The van der Waals surface area contributed by atoms with Gasteiger partial charge in [-0.15, -0.1) is 0 Å². The number of ether oxygens (including phenoxy) is 1. The number of carbonyl (C=O) groups is 2. The third-order valence-electron chi connectivity index (χ3n) is 3.48. The van der Waals surface area contributed by atoms with Crippen LogP contribution in [0.5, 0.6) is 0 Å². The molecule has 0 saturated carbocycles. The van der Waals surface area contributed by atoms with E-state index in [4.69, 9.17) is 4.74 Å². The molecular formula is C16H19NO3. The summed E-state index contributed by atoms with van der Waals surface area (Å²) < 4.78 is 5.29. The zero-order valence-electron chi connectivity index (χ0n) is 11.6. The number of nitrogens with zero attached hydrogens (tertiary/aromatic N) is 1. The Morgan fingerprint density at radius 3 is 2.85 bits per heavy atom. The Balaban J connectivity index is 1.85. The van der Waals surface area contributed by atoms with Crippen LogP contribution in [-0.4, -0.2) is 29.9 Å². The summed E-state index contributed by atoms with van der Waals surface area (Å²) in [4.78, 5) is 24.9. The van der Waals surface area contributed by atoms with Crippen LogP contribution >= 0.6 is 0 Å². The molecule has 0 heterocycles. The second-order valence-corrected chi connectivity index (χ2v) is 4.95. The molecule has 106 valence electrons. The maximum absolute atomic E-state index is 12.0. The molecule has 1 aromatic carbocycles. The van der Waals surface area contributed by atoms with Crippen molar-refractivity contribution in [2.45, 2.75) is 31.9 Å². The second kappa shape index (κ2) is 6.89. The number of ketones is 1. The molecule has 0 fully saturated rings. The highest BCUT2D eigenvalue weighted by molar-refractivity contribution is 5.89. The number of rotatable bonds is 3. The first-order valence-electron chi connectivity index (χ1n) is 6.79. The Hall–Kier alpha value is -2.10. The summed E-state index contributed by atoms with van der Waals surface area (Å²) in [6.07, 6.45) is 4.95. The van der Waals surface area contributed by atoms with Gasteiger partial charge < -0.3 is 9.64 Å². The molecule has 0 saturated heterocycles. The van der Waals surface area contributed by atoms with Crippen LogP contribution in [0.2, 0.25) is 0 Å². The van der Waals surface area contributed by atoms with E-state index < -0.39 is 0 Å². The van der Waals surface area contributed by atoms with Crippen LogP contribution in [0.4, 0.5) is 4.79 Å². The Morgan fingerprint density at radius 2 is 2.10 bits per heavy atom. The maximum atomic E-state index is 12.0. The second-order valence-electron chi connectivity index (χ2n) is 4.95. The van der Waals surface area contributed by atoms with Crippen molar-refractivity contribution in [3.63, 3.8) is 0 Å². The molecular weight excluding hydrogens is 254 g/mol. The lowest BCUT2D eigenvalue weighted by Gasteiger charge is -2.25. The van der Waals surface area contributed by atoms with Crippen molar-refractivity contribution in [2.24, 2.45) is 0 Å². The van der Waals surface area contributed by atoms with Crippen molar-refractivity contribution >= 4 is 11.9 Å². The lowest BCUT2D eigenvalue weighted by Crippen LogP contribution is -2.37. The quantitative estimate of drug-likeness (QED) is 0.850. The van der Waals surface area contributed by atoms with Crippen molar-refractivity contribution in [2.75, 3.05) is 7.05 Å². The number of benzene rings is 1. The van der Waals surface area contributed by atoms with E-state index in [1.54, 1.807) is 18.0 Å². The van der Waals surface area contributed by atoms with Crippen LogP contribution in [-0.2, 0) is 16.1 Å². The first-order valence-corrected chi connectivity index (χ1v) is 6.79. The summed E-state index contributed by atoms with van der Waals surface area (Å²) in [6.45, 7) is 0.269. The van der Waals surface area contributed by atoms with E-state index in [0.29, 0.717) is 19.3 Å². The summed E-state index contributed by atoms with van der Waals surface area (Å²) >= 11 is 0. The number of amides is 1. The van der Waals surface area contributed by atoms with Gasteiger partial charge in [0.15, 0.2) is 5.78 Å². The molecule has 0 bridgehead atoms. The topological polar surface area (TPSA) is 46.6 Å². The molecule has 1 amide bonds. The van der Waals surface area contributed by atoms with E-state index in [1.807, 2.05) is 36.4 Å². The van der Waals surface area contributed by atoms with Gasteiger partial charge in [0.05, 0.1) is 0 Å². The molecule has 0 aromatic heterocycles. The van der Waals surface area contributed by atoms with E-state index in [2.05, 4.69) is 0 Å². The molecule has 1 aliphatic carbocycles. The molecule has 0 unspecified atom stereocenters. The predicted molar refractivity (Wildman–Crippen MR) is 76.2 cm³/mol. The Kier molecular flexibility index (Phi) is 4.93. The smallest absolute Gasteiger partial charge is 0.410 e. The number of allylic oxidation sites excluding steroid dienone is 1. The van der Waals surface area contributed by atoms with Gasteiger partial charge >= 0.3 is 6.09 Å². The molecule has 4 nitrogen and oxygen atoms in total. The van der Waals surface area contributed by atoms with Gasteiger partial charge in [-0.05, 0) is 24.5 Å². The van der Waals surface area contributed by atoms with Crippen molar-refractivity contribution < 1.29 is 14.3 Å². The molecule has 0 radical (unpaired) electrons. The average molecular weight is 273 g/mol. The molecule has 0 spiro atoms.